The number of alkyl halides is 3. The molecule has 0 unspecified atom stereocenters. The number of ether oxygens (including phenoxy) is 1. The summed E-state index contributed by atoms with van der Waals surface area (Å²) in [5, 5.41) is 9.98. The van der Waals surface area contributed by atoms with Gasteiger partial charge in [0.15, 0.2) is 5.65 Å². The number of hydrogen-bond acceptors (Lipinski definition) is 4. The molecule has 0 aliphatic carbocycles. The average Bonchev–Trinajstić information content (AvgIpc) is 2.87. The molecular formula is C17H16F3N3O2. The molecule has 25 heavy (non-hydrogen) atoms. The maximum absolute atomic E-state index is 12.2. The van der Waals surface area contributed by atoms with Crippen molar-refractivity contribution in [3.05, 3.63) is 42.7 Å². The fraction of sp³-hybridized carbons (Fsp3) is 0.294. The maximum Gasteiger partial charge on any atom is 0.573 e. The van der Waals surface area contributed by atoms with Crippen LogP contribution in [-0.2, 0) is 6.54 Å². The van der Waals surface area contributed by atoms with Crippen molar-refractivity contribution in [2.45, 2.75) is 32.4 Å². The van der Waals surface area contributed by atoms with Gasteiger partial charge in [-0.25, -0.2) is 9.97 Å². The molecule has 3 aromatic rings. The summed E-state index contributed by atoms with van der Waals surface area (Å²) in [5.74, 6) is -0.288. The third-order valence-corrected chi connectivity index (χ3v) is 3.40. The van der Waals surface area contributed by atoms with Gasteiger partial charge in [0.05, 0.1) is 24.2 Å². The largest absolute Gasteiger partial charge is 0.573 e. The van der Waals surface area contributed by atoms with Crippen LogP contribution < -0.4 is 4.74 Å². The number of pyridine rings is 1. The highest BCUT2D eigenvalue weighted by Gasteiger charge is 2.31. The van der Waals surface area contributed by atoms with Gasteiger partial charge in [-0.1, -0.05) is 0 Å². The summed E-state index contributed by atoms with van der Waals surface area (Å²) in [6, 6.07) is 9.01. The number of benzene rings is 1. The van der Waals surface area contributed by atoms with E-state index in [2.05, 4.69) is 14.7 Å². The summed E-state index contributed by atoms with van der Waals surface area (Å²) < 4.78 is 42.3. The summed E-state index contributed by atoms with van der Waals surface area (Å²) in [6.07, 6.45) is -3.12. The molecule has 0 fully saturated rings. The Bertz CT molecular complexity index is 881. The molecule has 0 spiro atoms. The number of fused-ring (bicyclic) bond motifs is 1. The molecule has 3 rings (SSSR count). The fourth-order valence-electron chi connectivity index (χ4n) is 2.46. The maximum atomic E-state index is 12.2. The Labute approximate surface area is 141 Å². The molecule has 0 saturated heterocycles. The molecule has 0 amide bonds. The van der Waals surface area contributed by atoms with Crippen molar-refractivity contribution in [2.24, 2.45) is 0 Å². The van der Waals surface area contributed by atoms with E-state index in [4.69, 9.17) is 0 Å². The number of nitrogens with zero attached hydrogens (tertiary/aromatic N) is 3. The summed E-state index contributed by atoms with van der Waals surface area (Å²) in [5.41, 5.74) is 1.57. The van der Waals surface area contributed by atoms with Crippen LogP contribution in [0.2, 0.25) is 0 Å². The third kappa shape index (κ3) is 4.27. The predicted molar refractivity (Wildman–Crippen MR) is 85.9 cm³/mol. The van der Waals surface area contributed by atoms with E-state index < -0.39 is 12.0 Å². The van der Waals surface area contributed by atoms with Gasteiger partial charge < -0.3 is 14.4 Å². The molecule has 1 N–H and O–H groups in total. The van der Waals surface area contributed by atoms with Crippen molar-refractivity contribution in [2.75, 3.05) is 0 Å². The fourth-order valence-corrected chi connectivity index (χ4v) is 2.46. The van der Waals surface area contributed by atoms with Crippen LogP contribution in [0.3, 0.4) is 0 Å². The number of aromatic nitrogens is 3. The first-order chi connectivity index (χ1) is 11.6. The lowest BCUT2D eigenvalue weighted by Crippen LogP contribution is -2.25. The molecular weight excluding hydrogens is 335 g/mol. The van der Waals surface area contributed by atoms with Crippen LogP contribution in [0.15, 0.2) is 42.7 Å². The van der Waals surface area contributed by atoms with Crippen molar-refractivity contribution in [1.82, 2.24) is 14.5 Å². The lowest BCUT2D eigenvalue weighted by atomic mass is 10.1. The Morgan fingerprint density at radius 2 is 1.76 bits per heavy atom. The number of imidazole rings is 1. The van der Waals surface area contributed by atoms with Crippen LogP contribution in [-0.4, -0.2) is 31.6 Å². The summed E-state index contributed by atoms with van der Waals surface area (Å²) in [4.78, 5) is 8.76. The lowest BCUT2D eigenvalue weighted by molar-refractivity contribution is -0.274. The minimum Gasteiger partial charge on any atom is -0.406 e. The highest BCUT2D eigenvalue weighted by atomic mass is 19.4. The molecule has 8 heteroatoms. The monoisotopic (exact) mass is 351 g/mol. The Hall–Kier alpha value is -2.61. The Morgan fingerprint density at radius 1 is 1.08 bits per heavy atom. The molecule has 1 aromatic carbocycles. The van der Waals surface area contributed by atoms with Crippen molar-refractivity contribution < 1.29 is 23.0 Å². The highest BCUT2D eigenvalue weighted by Crippen LogP contribution is 2.26. The first-order valence-corrected chi connectivity index (χ1v) is 7.51. The molecule has 2 heterocycles. The van der Waals surface area contributed by atoms with Gasteiger partial charge in [-0.05, 0) is 50.2 Å². The number of aliphatic hydroxyl groups is 1. The summed E-state index contributed by atoms with van der Waals surface area (Å²) in [6.45, 7) is 3.68. The summed E-state index contributed by atoms with van der Waals surface area (Å²) in [7, 11) is 0. The Kier molecular flexibility index (Phi) is 4.16. The molecule has 0 bridgehead atoms. The first-order valence-electron chi connectivity index (χ1n) is 7.51. The van der Waals surface area contributed by atoms with E-state index in [0.717, 1.165) is 0 Å². The normalized spacial score (nSPS) is 12.6. The van der Waals surface area contributed by atoms with Crippen LogP contribution >= 0.6 is 0 Å². The number of hydrogen-bond donors (Lipinski definition) is 1. The van der Waals surface area contributed by atoms with Gasteiger partial charge in [-0.3, -0.25) is 0 Å². The van der Waals surface area contributed by atoms with Crippen LogP contribution in [0, 0.1) is 0 Å². The number of rotatable bonds is 4. The topological polar surface area (TPSA) is 60.2 Å². The van der Waals surface area contributed by atoms with Gasteiger partial charge in [-0.2, -0.15) is 0 Å². The van der Waals surface area contributed by atoms with E-state index in [1.165, 1.54) is 24.3 Å². The van der Waals surface area contributed by atoms with E-state index in [9.17, 15) is 18.3 Å². The van der Waals surface area contributed by atoms with Gasteiger partial charge >= 0.3 is 6.36 Å². The molecule has 0 radical (unpaired) electrons. The quantitative estimate of drug-likeness (QED) is 0.777. The molecule has 5 nitrogen and oxygen atoms in total. The van der Waals surface area contributed by atoms with Crippen LogP contribution in [0.25, 0.3) is 22.4 Å². The van der Waals surface area contributed by atoms with Crippen LogP contribution in [0.1, 0.15) is 13.8 Å². The number of halogens is 3. The van der Waals surface area contributed by atoms with E-state index in [1.807, 2.05) is 0 Å². The Morgan fingerprint density at radius 3 is 2.36 bits per heavy atom. The van der Waals surface area contributed by atoms with Gasteiger partial charge in [-0.15, -0.1) is 13.2 Å². The van der Waals surface area contributed by atoms with Crippen molar-refractivity contribution in [3.63, 3.8) is 0 Å². The third-order valence-electron chi connectivity index (χ3n) is 3.40. The zero-order valence-electron chi connectivity index (χ0n) is 13.6. The summed E-state index contributed by atoms with van der Waals surface area (Å²) >= 11 is 0. The zero-order valence-corrected chi connectivity index (χ0v) is 13.6. The van der Waals surface area contributed by atoms with Crippen molar-refractivity contribution >= 4 is 11.2 Å². The molecule has 0 atom stereocenters. The second-order valence-electron chi connectivity index (χ2n) is 6.30. The van der Waals surface area contributed by atoms with E-state index in [0.29, 0.717) is 29.0 Å². The standard InChI is InChI=1S/C17H16F3N3O2/c1-16(2,24)9-23-10-21-14-8-7-13(22-15(14)23)11-3-5-12(6-4-11)25-17(18,19)20/h3-8,10,24H,9H2,1-2H3. The SMILES string of the molecule is CC(C)(O)Cn1cnc2ccc(-c3ccc(OC(F)(F)F)cc3)nc21. The predicted octanol–water partition coefficient (Wildman–Crippen LogP) is 3.77. The smallest absolute Gasteiger partial charge is 0.406 e. The average molecular weight is 351 g/mol. The van der Waals surface area contributed by atoms with Gasteiger partial charge in [0.25, 0.3) is 0 Å². The van der Waals surface area contributed by atoms with Crippen molar-refractivity contribution in [3.8, 4) is 17.0 Å². The van der Waals surface area contributed by atoms with Crippen molar-refractivity contribution in [1.29, 1.82) is 0 Å². The van der Waals surface area contributed by atoms with Gasteiger partial charge in [0.1, 0.15) is 11.3 Å². The molecule has 2 aromatic heterocycles. The molecule has 0 aliphatic heterocycles. The molecule has 0 saturated carbocycles. The second-order valence-corrected chi connectivity index (χ2v) is 6.30. The molecule has 0 aliphatic rings. The zero-order chi connectivity index (χ0) is 18.2. The van der Waals surface area contributed by atoms with E-state index in [1.54, 1.807) is 36.9 Å². The minimum absolute atomic E-state index is 0.288. The van der Waals surface area contributed by atoms with E-state index >= 15 is 0 Å². The minimum atomic E-state index is -4.72. The van der Waals surface area contributed by atoms with Crippen LogP contribution in [0.5, 0.6) is 5.75 Å². The second kappa shape index (κ2) is 6.03. The molecule has 132 valence electrons. The lowest BCUT2D eigenvalue weighted by Gasteiger charge is -2.17. The Balaban J connectivity index is 1.92. The van der Waals surface area contributed by atoms with Crippen LogP contribution in [0.4, 0.5) is 13.2 Å². The van der Waals surface area contributed by atoms with E-state index in [-0.39, 0.29) is 5.75 Å². The first kappa shape index (κ1) is 17.2. The van der Waals surface area contributed by atoms with Gasteiger partial charge in [0.2, 0.25) is 0 Å². The highest BCUT2D eigenvalue weighted by molar-refractivity contribution is 5.75. The van der Waals surface area contributed by atoms with Gasteiger partial charge in [0, 0.05) is 5.56 Å².